The monoisotopic (exact) mass is 655 g/mol. The van der Waals surface area contributed by atoms with Crippen molar-refractivity contribution < 1.29 is 19.3 Å². The number of nitro benzene ring substituents is 1. The number of imide groups is 1. The SMILES string of the molecule is O=C(c1ccccc1[N+](=O)[O-])N(Cc1ccccc1Cl)N1C(=O)[C@H]2[C@H](C1=O)[C@@]1(Cl)C(Cl)=C(Cl)[C@@]2(Cl)C1(Cl)Cl. The molecule has 38 heavy (non-hydrogen) atoms. The molecule has 15 heteroatoms. The molecule has 4 atom stereocenters. The highest BCUT2D eigenvalue weighted by Crippen LogP contribution is 2.77. The average molecular weight is 659 g/mol. The molecule has 198 valence electrons. The number of alkyl halides is 4. The lowest BCUT2D eigenvalue weighted by Gasteiger charge is -2.37. The van der Waals surface area contributed by atoms with Crippen LogP contribution in [0.3, 0.4) is 0 Å². The van der Waals surface area contributed by atoms with Gasteiger partial charge in [-0.1, -0.05) is 88.3 Å². The fraction of sp³-hybridized carbons (Fsp3) is 0.261. The number of carbonyl (C=O) groups is 3. The summed E-state index contributed by atoms with van der Waals surface area (Å²) >= 11 is 45.6. The van der Waals surface area contributed by atoms with Crippen molar-refractivity contribution in [3.05, 3.63) is 84.9 Å². The Balaban J connectivity index is 1.66. The second-order valence-corrected chi connectivity index (χ2v) is 12.5. The first-order valence-corrected chi connectivity index (χ1v) is 13.4. The summed E-state index contributed by atoms with van der Waals surface area (Å²) in [7, 11) is 0. The molecule has 2 bridgehead atoms. The molecule has 1 aliphatic heterocycles. The number of para-hydroxylation sites is 1. The van der Waals surface area contributed by atoms with Gasteiger partial charge in [0.05, 0.1) is 33.4 Å². The van der Waals surface area contributed by atoms with Gasteiger partial charge in [-0.25, -0.2) is 5.01 Å². The molecule has 0 spiro atoms. The second-order valence-electron chi connectivity index (χ2n) is 8.80. The Bertz CT molecular complexity index is 1440. The van der Waals surface area contributed by atoms with E-state index in [1.54, 1.807) is 18.2 Å². The zero-order chi connectivity index (χ0) is 27.9. The largest absolute Gasteiger partial charge is 0.282 e. The third-order valence-electron chi connectivity index (χ3n) is 6.97. The van der Waals surface area contributed by atoms with E-state index in [4.69, 9.17) is 81.2 Å². The van der Waals surface area contributed by atoms with Gasteiger partial charge in [0.25, 0.3) is 23.4 Å². The van der Waals surface area contributed by atoms with Crippen LogP contribution in [0.2, 0.25) is 5.02 Å². The summed E-state index contributed by atoms with van der Waals surface area (Å²) in [5.74, 6) is -6.04. The average Bonchev–Trinajstić information content (AvgIpc) is 3.26. The number of amides is 3. The standard InChI is InChI=1S/C23H12Cl7N3O5/c24-12-7-3-1-5-10(12)9-31(18(34)11-6-2-4-8-13(11)33(37)38)32-19(35)14-15(20(32)36)22(28)17(26)16(25)21(14,27)23(22,29)30/h1-8,14-15H,9H2/t14-,15-,21-,22-/m1/s1. The number of hydrogen-bond acceptors (Lipinski definition) is 5. The minimum atomic E-state index is -2.17. The summed E-state index contributed by atoms with van der Waals surface area (Å²) in [6, 6.07) is 11.4. The van der Waals surface area contributed by atoms with Gasteiger partial charge in [0, 0.05) is 11.1 Å². The van der Waals surface area contributed by atoms with E-state index in [0.29, 0.717) is 10.6 Å². The van der Waals surface area contributed by atoms with E-state index in [9.17, 15) is 24.5 Å². The molecule has 1 saturated heterocycles. The van der Waals surface area contributed by atoms with Gasteiger partial charge in [0.2, 0.25) is 0 Å². The summed E-state index contributed by atoms with van der Waals surface area (Å²) in [4.78, 5) is 48.3. The third-order valence-corrected chi connectivity index (χ3v) is 11.6. The van der Waals surface area contributed by atoms with Crippen LogP contribution in [0.4, 0.5) is 5.69 Å². The van der Waals surface area contributed by atoms with E-state index < -0.39 is 60.8 Å². The predicted molar refractivity (Wildman–Crippen MR) is 144 cm³/mol. The first kappa shape index (κ1) is 27.8. The maximum absolute atomic E-state index is 13.9. The first-order chi connectivity index (χ1) is 17.7. The molecule has 8 nitrogen and oxygen atoms in total. The Morgan fingerprint density at radius 3 is 1.92 bits per heavy atom. The highest BCUT2D eigenvalue weighted by atomic mass is 35.5. The van der Waals surface area contributed by atoms with Crippen LogP contribution in [0, 0.1) is 22.0 Å². The summed E-state index contributed by atoms with van der Waals surface area (Å²) in [6.07, 6.45) is 0. The van der Waals surface area contributed by atoms with Crippen molar-refractivity contribution >= 4 is 105 Å². The zero-order valence-corrected chi connectivity index (χ0v) is 23.8. The quantitative estimate of drug-likeness (QED) is 0.164. The zero-order valence-electron chi connectivity index (χ0n) is 18.5. The molecule has 2 aromatic rings. The van der Waals surface area contributed by atoms with Crippen LogP contribution >= 0.6 is 81.2 Å². The molecule has 1 heterocycles. The van der Waals surface area contributed by atoms with E-state index in [-0.39, 0.29) is 20.7 Å². The molecule has 2 fully saturated rings. The lowest BCUT2D eigenvalue weighted by molar-refractivity contribution is -0.385. The molecule has 0 N–H and O–H groups in total. The molecule has 3 amide bonds. The van der Waals surface area contributed by atoms with Crippen LogP contribution in [0.1, 0.15) is 15.9 Å². The van der Waals surface area contributed by atoms with Gasteiger partial charge in [0.15, 0.2) is 4.33 Å². The van der Waals surface area contributed by atoms with E-state index in [2.05, 4.69) is 0 Å². The van der Waals surface area contributed by atoms with Crippen LogP contribution in [-0.4, -0.2) is 46.7 Å². The van der Waals surface area contributed by atoms with E-state index in [0.717, 1.165) is 11.1 Å². The van der Waals surface area contributed by atoms with Crippen molar-refractivity contribution in [3.63, 3.8) is 0 Å². The second kappa shape index (κ2) is 9.13. The lowest BCUT2D eigenvalue weighted by atomic mass is 9.84. The van der Waals surface area contributed by atoms with Gasteiger partial charge in [-0.15, -0.1) is 23.2 Å². The molecule has 2 aromatic carbocycles. The van der Waals surface area contributed by atoms with E-state index in [1.807, 2.05) is 0 Å². The highest BCUT2D eigenvalue weighted by Gasteiger charge is 2.88. The Kier molecular flexibility index (Phi) is 6.67. The van der Waals surface area contributed by atoms with E-state index >= 15 is 0 Å². The maximum Gasteiger partial charge on any atom is 0.282 e. The summed E-state index contributed by atoms with van der Waals surface area (Å²) in [5.41, 5.74) is -0.595. The first-order valence-electron chi connectivity index (χ1n) is 10.7. The number of nitro groups is 1. The van der Waals surface area contributed by atoms with Gasteiger partial charge in [-0.2, -0.15) is 5.01 Å². The molecular weight excluding hydrogens is 646 g/mol. The van der Waals surface area contributed by atoms with Crippen molar-refractivity contribution in [1.82, 2.24) is 10.0 Å². The minimum Gasteiger partial charge on any atom is -0.272 e. The minimum absolute atomic E-state index is 0.211. The number of hydrogen-bond donors (Lipinski definition) is 0. The maximum atomic E-state index is 13.9. The topological polar surface area (TPSA) is 101 Å². The van der Waals surface area contributed by atoms with Crippen molar-refractivity contribution in [2.75, 3.05) is 0 Å². The van der Waals surface area contributed by atoms with Crippen LogP contribution in [0.5, 0.6) is 0 Å². The van der Waals surface area contributed by atoms with Gasteiger partial charge in [-0.05, 0) is 17.7 Å². The normalized spacial score (nSPS) is 29.2. The third kappa shape index (κ3) is 3.35. The fourth-order valence-electron chi connectivity index (χ4n) is 5.19. The molecule has 0 radical (unpaired) electrons. The van der Waals surface area contributed by atoms with Crippen molar-refractivity contribution in [1.29, 1.82) is 0 Å². The lowest BCUT2D eigenvalue weighted by Crippen LogP contribution is -2.55. The smallest absolute Gasteiger partial charge is 0.272 e. The van der Waals surface area contributed by atoms with Gasteiger partial charge >= 0.3 is 0 Å². The van der Waals surface area contributed by atoms with Gasteiger partial charge < -0.3 is 0 Å². The number of nitrogens with zero attached hydrogens (tertiary/aromatic N) is 3. The number of carbonyl (C=O) groups excluding carboxylic acids is 3. The Morgan fingerprint density at radius 1 is 0.895 bits per heavy atom. The number of allylic oxidation sites excluding steroid dienone is 2. The molecule has 0 unspecified atom stereocenters. The summed E-state index contributed by atoms with van der Waals surface area (Å²) in [6.45, 7) is -0.423. The summed E-state index contributed by atoms with van der Waals surface area (Å²) < 4.78 is -2.17. The molecule has 1 saturated carbocycles. The fourth-order valence-corrected chi connectivity index (χ4v) is 8.32. The van der Waals surface area contributed by atoms with Gasteiger partial charge in [0.1, 0.15) is 15.3 Å². The number of hydrazine groups is 1. The highest BCUT2D eigenvalue weighted by molar-refractivity contribution is 6.66. The number of rotatable bonds is 5. The molecule has 2 aliphatic carbocycles. The van der Waals surface area contributed by atoms with Crippen molar-refractivity contribution in [2.45, 2.75) is 20.6 Å². The van der Waals surface area contributed by atoms with E-state index in [1.165, 1.54) is 24.3 Å². The van der Waals surface area contributed by atoms with Crippen LogP contribution in [0.15, 0.2) is 58.6 Å². The van der Waals surface area contributed by atoms with Crippen LogP contribution < -0.4 is 0 Å². The molecule has 5 rings (SSSR count). The Morgan fingerprint density at radius 2 is 1.39 bits per heavy atom. The summed E-state index contributed by atoms with van der Waals surface area (Å²) in [5, 5.41) is 12.6. The Labute approximate surface area is 250 Å². The molecular formula is C23H12Cl7N3O5. The van der Waals surface area contributed by atoms with Crippen LogP contribution in [0.25, 0.3) is 0 Å². The van der Waals surface area contributed by atoms with Crippen molar-refractivity contribution in [2.24, 2.45) is 11.8 Å². The number of fused-ring (bicyclic) bond motifs is 5. The van der Waals surface area contributed by atoms with Gasteiger partial charge in [-0.3, -0.25) is 24.5 Å². The predicted octanol–water partition coefficient (Wildman–Crippen LogP) is 6.25. The van der Waals surface area contributed by atoms with Crippen LogP contribution in [-0.2, 0) is 16.1 Å². The number of benzene rings is 2. The molecule has 0 aromatic heterocycles. The molecule has 3 aliphatic rings. The number of halogens is 7. The van der Waals surface area contributed by atoms with Crippen molar-refractivity contribution in [3.8, 4) is 0 Å². The Hall–Kier alpha value is -1.78.